The van der Waals surface area contributed by atoms with Gasteiger partial charge >= 0.3 is 0 Å². The Kier molecular flexibility index (Phi) is 12.0. The number of morpholine rings is 1. The second kappa shape index (κ2) is 16.4. The van der Waals surface area contributed by atoms with E-state index < -0.39 is 0 Å². The van der Waals surface area contributed by atoms with Crippen molar-refractivity contribution in [2.45, 2.75) is 64.3 Å². The Morgan fingerprint density at radius 3 is 2.44 bits per heavy atom. The lowest BCUT2D eigenvalue weighted by Gasteiger charge is -2.46. The molecule has 2 aromatic rings. The normalized spacial score (nSPS) is 27.1. The van der Waals surface area contributed by atoms with Crippen LogP contribution >= 0.6 is 0 Å². The Hall–Kier alpha value is -3.20. The summed E-state index contributed by atoms with van der Waals surface area (Å²) in [5.74, 6) is -0.354. The van der Waals surface area contributed by atoms with E-state index in [0.717, 1.165) is 57.9 Å². The molecule has 13 heteroatoms. The van der Waals surface area contributed by atoms with E-state index in [1.807, 2.05) is 13.0 Å². The number of carbonyl (C=O) groups is 2. The zero-order chi connectivity index (χ0) is 35.4. The Bertz CT molecular complexity index is 1460. The fourth-order valence-corrected chi connectivity index (χ4v) is 7.63. The van der Waals surface area contributed by atoms with Gasteiger partial charge in [0.15, 0.2) is 0 Å². The number of nitrogens with one attached hydrogen (secondary N) is 2. The summed E-state index contributed by atoms with van der Waals surface area (Å²) < 4.78 is 25.7. The summed E-state index contributed by atoms with van der Waals surface area (Å²) in [6.07, 6.45) is 0.353. The van der Waals surface area contributed by atoms with Crippen LogP contribution in [-0.4, -0.2) is 159 Å². The number of ether oxygens (including phenoxy) is 2. The molecule has 0 aliphatic carbocycles. The van der Waals surface area contributed by atoms with Gasteiger partial charge in [-0.2, -0.15) is 0 Å². The number of amides is 2. The van der Waals surface area contributed by atoms with Crippen molar-refractivity contribution in [3.05, 3.63) is 53.0 Å². The third-order valence-electron chi connectivity index (χ3n) is 10.6. The molecule has 3 saturated heterocycles. The van der Waals surface area contributed by atoms with Crippen LogP contribution in [0.1, 0.15) is 49.3 Å². The van der Waals surface area contributed by atoms with Gasteiger partial charge in [0.05, 0.1) is 25.8 Å². The summed E-state index contributed by atoms with van der Waals surface area (Å²) in [7, 11) is 2.12. The molecular weight excluding hydrogens is 639 g/mol. The third kappa shape index (κ3) is 8.80. The first-order chi connectivity index (χ1) is 24.0. The molecule has 3 fully saturated rings. The second-order valence-corrected chi connectivity index (χ2v) is 14.8. The van der Waals surface area contributed by atoms with Crippen molar-refractivity contribution in [2.24, 2.45) is 0 Å². The van der Waals surface area contributed by atoms with Crippen LogP contribution in [0.15, 0.2) is 30.3 Å². The van der Waals surface area contributed by atoms with E-state index in [2.05, 4.69) is 58.1 Å². The van der Waals surface area contributed by atoms with Gasteiger partial charge in [0.1, 0.15) is 23.8 Å². The van der Waals surface area contributed by atoms with E-state index >= 15 is 0 Å². The number of fused-ring (bicyclic) bond motifs is 1. The third-order valence-corrected chi connectivity index (χ3v) is 10.6. The van der Waals surface area contributed by atoms with Crippen molar-refractivity contribution in [3.8, 4) is 5.88 Å². The number of hydrogen-bond donors (Lipinski definition) is 2. The van der Waals surface area contributed by atoms with E-state index in [1.54, 1.807) is 17.0 Å². The molecule has 274 valence electrons. The minimum Gasteiger partial charge on any atom is -0.474 e. The zero-order valence-corrected chi connectivity index (χ0v) is 30.4. The van der Waals surface area contributed by atoms with Crippen LogP contribution in [0.3, 0.4) is 0 Å². The van der Waals surface area contributed by atoms with Crippen molar-refractivity contribution in [2.75, 3.05) is 97.2 Å². The highest BCUT2D eigenvalue weighted by Crippen LogP contribution is 2.35. The van der Waals surface area contributed by atoms with Crippen molar-refractivity contribution in [1.82, 2.24) is 35.2 Å². The molecule has 0 saturated carbocycles. The molecule has 4 aliphatic rings. The van der Waals surface area contributed by atoms with Crippen molar-refractivity contribution >= 4 is 17.5 Å². The molecule has 12 nitrogen and oxygen atoms in total. The first kappa shape index (κ1) is 36.6. The molecule has 50 heavy (non-hydrogen) atoms. The lowest BCUT2D eigenvalue weighted by molar-refractivity contribution is -0.122. The molecule has 4 aliphatic heterocycles. The van der Waals surface area contributed by atoms with Crippen molar-refractivity contribution in [3.63, 3.8) is 0 Å². The molecule has 1 aromatic carbocycles. The molecular formula is C37H55FN8O4. The van der Waals surface area contributed by atoms with Gasteiger partial charge in [-0.3, -0.25) is 24.3 Å². The van der Waals surface area contributed by atoms with Gasteiger partial charge in [-0.25, -0.2) is 9.37 Å². The number of nitrogens with zero attached hydrogens (tertiary/aromatic N) is 6. The van der Waals surface area contributed by atoms with Gasteiger partial charge in [-0.05, 0) is 70.5 Å². The lowest BCUT2D eigenvalue weighted by atomic mass is 10.0. The summed E-state index contributed by atoms with van der Waals surface area (Å²) in [6, 6.07) is 8.97. The van der Waals surface area contributed by atoms with E-state index in [1.165, 1.54) is 12.1 Å². The minimum atomic E-state index is -0.323. The molecule has 0 unspecified atom stereocenters. The number of carbonyl (C=O) groups excluding carboxylic acids is 2. The highest BCUT2D eigenvalue weighted by atomic mass is 19.1. The van der Waals surface area contributed by atoms with Crippen LogP contribution in [0.4, 0.5) is 10.1 Å². The van der Waals surface area contributed by atoms with Crippen LogP contribution < -0.4 is 20.3 Å². The second-order valence-electron chi connectivity index (χ2n) is 14.8. The average molecular weight is 695 g/mol. The molecule has 6 rings (SSSR count). The highest BCUT2D eigenvalue weighted by Gasteiger charge is 2.37. The maximum Gasteiger partial charge on any atom is 0.270 e. The number of rotatable bonds is 10. The van der Waals surface area contributed by atoms with Gasteiger partial charge in [0, 0.05) is 83.1 Å². The fourth-order valence-electron chi connectivity index (χ4n) is 7.63. The van der Waals surface area contributed by atoms with E-state index in [9.17, 15) is 14.0 Å². The number of aromatic nitrogens is 1. The largest absolute Gasteiger partial charge is 0.474 e. The molecule has 5 atom stereocenters. The van der Waals surface area contributed by atoms with E-state index in [0.29, 0.717) is 49.5 Å². The smallest absolute Gasteiger partial charge is 0.270 e. The highest BCUT2D eigenvalue weighted by molar-refractivity contribution is 5.99. The Labute approximate surface area is 296 Å². The number of piperazine rings is 2. The number of likely N-dealkylation sites (N-methyl/N-ethyl adjacent to an activating group) is 1. The van der Waals surface area contributed by atoms with Gasteiger partial charge < -0.3 is 29.9 Å². The van der Waals surface area contributed by atoms with Gasteiger partial charge in [-0.1, -0.05) is 12.1 Å². The summed E-state index contributed by atoms with van der Waals surface area (Å²) in [5.41, 5.74) is 2.33. The molecule has 0 radical (unpaired) electrons. The summed E-state index contributed by atoms with van der Waals surface area (Å²) in [4.78, 5) is 44.1. The number of anilines is 1. The average Bonchev–Trinajstić information content (AvgIpc) is 3.09. The zero-order valence-electron chi connectivity index (χ0n) is 30.4. The predicted octanol–water partition coefficient (Wildman–Crippen LogP) is 1.67. The molecule has 2 N–H and O–H groups in total. The number of halogens is 1. The maximum atomic E-state index is 14.4. The first-order valence-corrected chi connectivity index (χ1v) is 18.3. The summed E-state index contributed by atoms with van der Waals surface area (Å²) in [5, 5.41) is 6.69. The van der Waals surface area contributed by atoms with Crippen molar-refractivity contribution in [1.29, 1.82) is 0 Å². The SMILES string of the molecule is C[C@@H]1CN(CC(=O)N2c3cc(Cc4ccc(F)cc4)c(C(=O)NCCN4CCN(C)CC4)nc3OC[C@@H]2C)[C@@H](CN2[C@H](C)COC[C@H]2C)CN1. The minimum absolute atomic E-state index is 0.0249. The quantitative estimate of drug-likeness (QED) is 0.382. The lowest BCUT2D eigenvalue weighted by Crippen LogP contribution is -2.63. The molecule has 5 heterocycles. The molecule has 1 aromatic heterocycles. The number of pyridine rings is 1. The van der Waals surface area contributed by atoms with Gasteiger partial charge in [0.25, 0.3) is 5.91 Å². The Morgan fingerprint density at radius 1 is 1.00 bits per heavy atom. The van der Waals surface area contributed by atoms with E-state index in [-0.39, 0.29) is 60.5 Å². The molecule has 0 spiro atoms. The standard InChI is InChI=1S/C37H55FN8O4/c1-25-19-44(32(18-40-25)20-45-26(2)22-49-23-27(45)3)21-34(47)46-28(4)24-50-37-33(46)17-30(16-29-6-8-31(38)9-7-29)35(41-37)36(48)39-10-11-43-14-12-42(5)13-15-43/h6-9,17,25-28,32,40H,10-16,18-24H2,1-5H3,(H,39,48)/t25-,26-,27-,28+,32-/m1/s1. The van der Waals surface area contributed by atoms with Crippen LogP contribution in [-0.2, 0) is 16.0 Å². The van der Waals surface area contributed by atoms with Crippen LogP contribution in [0.5, 0.6) is 5.88 Å². The first-order valence-electron chi connectivity index (χ1n) is 18.3. The van der Waals surface area contributed by atoms with Gasteiger partial charge in [0.2, 0.25) is 11.8 Å². The van der Waals surface area contributed by atoms with Crippen molar-refractivity contribution < 1.29 is 23.5 Å². The molecule has 2 amide bonds. The van der Waals surface area contributed by atoms with Crippen LogP contribution in [0.2, 0.25) is 0 Å². The maximum absolute atomic E-state index is 14.4. The topological polar surface area (TPSA) is 106 Å². The predicted molar refractivity (Wildman–Crippen MR) is 191 cm³/mol. The Morgan fingerprint density at radius 2 is 1.72 bits per heavy atom. The Balaban J connectivity index is 1.23. The molecule has 0 bridgehead atoms. The summed E-state index contributed by atoms with van der Waals surface area (Å²) >= 11 is 0. The number of hydrogen-bond acceptors (Lipinski definition) is 10. The van der Waals surface area contributed by atoms with E-state index in [4.69, 9.17) is 14.5 Å². The van der Waals surface area contributed by atoms with Crippen LogP contribution in [0.25, 0.3) is 0 Å². The van der Waals surface area contributed by atoms with Crippen LogP contribution in [0, 0.1) is 5.82 Å². The number of benzene rings is 1. The fraction of sp³-hybridized carbons (Fsp3) is 0.649. The summed E-state index contributed by atoms with van der Waals surface area (Å²) in [6.45, 7) is 18.1. The monoisotopic (exact) mass is 694 g/mol. The van der Waals surface area contributed by atoms with Gasteiger partial charge in [-0.15, -0.1) is 0 Å².